The third-order valence-corrected chi connectivity index (χ3v) is 3.31. The summed E-state index contributed by atoms with van der Waals surface area (Å²) in [7, 11) is 0. The van der Waals surface area contributed by atoms with Gasteiger partial charge in [-0.25, -0.2) is 4.98 Å². The quantitative estimate of drug-likeness (QED) is 0.910. The Balaban J connectivity index is 2.37. The molecule has 0 radical (unpaired) electrons. The van der Waals surface area contributed by atoms with Crippen molar-refractivity contribution >= 4 is 15.9 Å². The highest BCUT2D eigenvalue weighted by Crippen LogP contribution is 2.24. The highest BCUT2D eigenvalue weighted by atomic mass is 79.9. The molecule has 0 amide bonds. The first-order valence-electron chi connectivity index (χ1n) is 6.15. The smallest absolute Gasteiger partial charge is 0.251 e. The molecule has 0 aliphatic heterocycles. The molecule has 0 fully saturated rings. The van der Waals surface area contributed by atoms with Crippen LogP contribution in [0.2, 0.25) is 0 Å². The van der Waals surface area contributed by atoms with Gasteiger partial charge in [-0.15, -0.1) is 0 Å². The van der Waals surface area contributed by atoms with Crippen molar-refractivity contribution in [2.24, 2.45) is 0 Å². The summed E-state index contributed by atoms with van der Waals surface area (Å²) in [6.07, 6.45) is 0. The highest BCUT2D eigenvalue weighted by Gasteiger charge is 2.07. The van der Waals surface area contributed by atoms with Gasteiger partial charge in [0.25, 0.3) is 5.56 Å². The van der Waals surface area contributed by atoms with E-state index in [2.05, 4.69) is 45.1 Å². The second kappa shape index (κ2) is 6.12. The summed E-state index contributed by atoms with van der Waals surface area (Å²) in [6.45, 7) is 4.70. The summed E-state index contributed by atoms with van der Waals surface area (Å²) in [5, 5.41) is 3.26. The summed E-state index contributed by atoms with van der Waals surface area (Å²) < 4.78 is 0.909. The van der Waals surface area contributed by atoms with Gasteiger partial charge in [-0.1, -0.05) is 48.0 Å². The van der Waals surface area contributed by atoms with Crippen LogP contribution < -0.4 is 10.9 Å². The van der Waals surface area contributed by atoms with Crippen LogP contribution in [0.25, 0.3) is 11.4 Å². The molecular weight excluding hydrogens is 306 g/mol. The molecule has 19 heavy (non-hydrogen) atoms. The minimum atomic E-state index is -0.138. The number of aromatic nitrogens is 2. The Morgan fingerprint density at radius 1 is 1.37 bits per heavy atom. The third kappa shape index (κ3) is 3.75. The number of nitrogens with zero attached hydrogens (tertiary/aromatic N) is 1. The van der Waals surface area contributed by atoms with Crippen molar-refractivity contribution in [3.63, 3.8) is 0 Å². The van der Waals surface area contributed by atoms with Gasteiger partial charge in [0.2, 0.25) is 0 Å². The molecule has 2 rings (SSSR count). The molecule has 0 aliphatic carbocycles. The van der Waals surface area contributed by atoms with E-state index in [1.807, 2.05) is 24.3 Å². The molecule has 0 atom stereocenters. The van der Waals surface area contributed by atoms with Gasteiger partial charge in [0.1, 0.15) is 5.82 Å². The van der Waals surface area contributed by atoms with Gasteiger partial charge in [0, 0.05) is 28.7 Å². The van der Waals surface area contributed by atoms with Gasteiger partial charge in [-0.3, -0.25) is 4.79 Å². The van der Waals surface area contributed by atoms with E-state index in [0.717, 1.165) is 15.7 Å². The lowest BCUT2D eigenvalue weighted by Gasteiger charge is -2.09. The second-order valence-corrected chi connectivity index (χ2v) is 5.46. The van der Waals surface area contributed by atoms with E-state index >= 15 is 0 Å². The molecule has 0 bridgehead atoms. The normalized spacial score (nSPS) is 10.9. The van der Waals surface area contributed by atoms with E-state index in [1.165, 1.54) is 6.07 Å². The number of hydrogen-bond donors (Lipinski definition) is 2. The van der Waals surface area contributed by atoms with Crippen molar-refractivity contribution in [2.75, 3.05) is 0 Å². The first kappa shape index (κ1) is 14.0. The van der Waals surface area contributed by atoms with Crippen molar-refractivity contribution in [1.82, 2.24) is 15.3 Å². The van der Waals surface area contributed by atoms with Crippen LogP contribution in [0.15, 0.2) is 39.6 Å². The zero-order valence-electron chi connectivity index (χ0n) is 10.9. The van der Waals surface area contributed by atoms with Gasteiger partial charge < -0.3 is 10.3 Å². The average Bonchev–Trinajstić information content (AvgIpc) is 2.36. The molecule has 5 heteroatoms. The molecule has 0 spiro atoms. The number of halogens is 1. The van der Waals surface area contributed by atoms with Gasteiger partial charge in [0.05, 0.1) is 5.69 Å². The van der Waals surface area contributed by atoms with Gasteiger partial charge in [-0.2, -0.15) is 0 Å². The molecule has 2 N–H and O–H groups in total. The first-order chi connectivity index (χ1) is 9.06. The van der Waals surface area contributed by atoms with E-state index < -0.39 is 0 Å². The van der Waals surface area contributed by atoms with Crippen molar-refractivity contribution in [3.05, 3.63) is 50.9 Å². The lowest BCUT2D eigenvalue weighted by molar-refractivity contribution is 0.580. The molecule has 1 aromatic heterocycles. The molecule has 0 saturated heterocycles. The minimum Gasteiger partial charge on any atom is -0.309 e. The van der Waals surface area contributed by atoms with E-state index in [4.69, 9.17) is 0 Å². The molecule has 1 heterocycles. The second-order valence-electron chi connectivity index (χ2n) is 4.60. The van der Waals surface area contributed by atoms with Crippen molar-refractivity contribution < 1.29 is 0 Å². The van der Waals surface area contributed by atoms with E-state index in [9.17, 15) is 4.79 Å². The maximum atomic E-state index is 11.7. The number of H-pyrrole nitrogens is 1. The minimum absolute atomic E-state index is 0.138. The van der Waals surface area contributed by atoms with E-state index in [-0.39, 0.29) is 5.56 Å². The predicted octanol–water partition coefficient (Wildman–Crippen LogP) is 2.70. The van der Waals surface area contributed by atoms with Crippen LogP contribution in [-0.2, 0) is 6.54 Å². The Kier molecular flexibility index (Phi) is 4.50. The third-order valence-electron chi connectivity index (χ3n) is 2.62. The fourth-order valence-corrected chi connectivity index (χ4v) is 2.16. The van der Waals surface area contributed by atoms with Crippen molar-refractivity contribution in [3.8, 4) is 11.4 Å². The van der Waals surface area contributed by atoms with Gasteiger partial charge in [-0.05, 0) is 6.07 Å². The lowest BCUT2D eigenvalue weighted by Crippen LogP contribution is -2.24. The monoisotopic (exact) mass is 321 g/mol. The lowest BCUT2D eigenvalue weighted by atomic mass is 10.2. The van der Waals surface area contributed by atoms with Crippen molar-refractivity contribution in [2.45, 2.75) is 26.4 Å². The molecule has 4 nitrogen and oxygen atoms in total. The van der Waals surface area contributed by atoms with E-state index in [1.54, 1.807) is 0 Å². The molecule has 100 valence electrons. The SMILES string of the molecule is CC(C)NCc1cc(=O)[nH]c(-c2ccccc2Br)n1. The highest BCUT2D eigenvalue weighted by molar-refractivity contribution is 9.10. The predicted molar refractivity (Wildman–Crippen MR) is 80.0 cm³/mol. The number of aromatic amines is 1. The van der Waals surface area contributed by atoms with Gasteiger partial charge >= 0.3 is 0 Å². The summed E-state index contributed by atoms with van der Waals surface area (Å²) in [6, 6.07) is 9.56. The number of nitrogens with one attached hydrogen (secondary N) is 2. The van der Waals surface area contributed by atoms with Gasteiger partial charge in [0.15, 0.2) is 0 Å². The first-order valence-corrected chi connectivity index (χ1v) is 6.94. The standard InChI is InChI=1S/C14H16BrN3O/c1-9(2)16-8-10-7-13(19)18-14(17-10)11-5-3-4-6-12(11)15/h3-7,9,16H,8H2,1-2H3,(H,17,18,19). The summed E-state index contributed by atoms with van der Waals surface area (Å²) in [5.41, 5.74) is 1.48. The Hall–Kier alpha value is -1.46. The fraction of sp³-hybridized carbons (Fsp3) is 0.286. The number of rotatable bonds is 4. The Labute approximate surface area is 120 Å². The molecule has 0 unspecified atom stereocenters. The average molecular weight is 322 g/mol. The Morgan fingerprint density at radius 3 is 2.79 bits per heavy atom. The molecular formula is C14H16BrN3O. The van der Waals surface area contributed by atoms with Crippen LogP contribution in [-0.4, -0.2) is 16.0 Å². The fourth-order valence-electron chi connectivity index (χ4n) is 1.69. The summed E-state index contributed by atoms with van der Waals surface area (Å²) in [5.74, 6) is 0.584. The molecule has 0 aliphatic rings. The Bertz CT molecular complexity index is 622. The molecule has 1 aromatic carbocycles. The van der Waals surface area contributed by atoms with Crippen LogP contribution in [0.4, 0.5) is 0 Å². The van der Waals surface area contributed by atoms with Crippen LogP contribution in [0, 0.1) is 0 Å². The number of benzene rings is 1. The topological polar surface area (TPSA) is 57.8 Å². The van der Waals surface area contributed by atoms with Crippen LogP contribution in [0.3, 0.4) is 0 Å². The van der Waals surface area contributed by atoms with Crippen LogP contribution in [0.1, 0.15) is 19.5 Å². The van der Waals surface area contributed by atoms with Crippen LogP contribution in [0.5, 0.6) is 0 Å². The van der Waals surface area contributed by atoms with E-state index in [0.29, 0.717) is 18.4 Å². The number of hydrogen-bond acceptors (Lipinski definition) is 3. The summed E-state index contributed by atoms with van der Waals surface area (Å²) in [4.78, 5) is 19.0. The Morgan fingerprint density at radius 2 is 2.11 bits per heavy atom. The molecule has 0 saturated carbocycles. The van der Waals surface area contributed by atoms with Crippen molar-refractivity contribution in [1.29, 1.82) is 0 Å². The largest absolute Gasteiger partial charge is 0.309 e. The zero-order chi connectivity index (χ0) is 13.8. The maximum absolute atomic E-state index is 11.7. The maximum Gasteiger partial charge on any atom is 0.251 e. The summed E-state index contributed by atoms with van der Waals surface area (Å²) >= 11 is 3.47. The van der Waals surface area contributed by atoms with Crippen LogP contribution >= 0.6 is 15.9 Å². The molecule has 2 aromatic rings. The zero-order valence-corrected chi connectivity index (χ0v) is 12.5.